The molecule has 1 aliphatic rings. The van der Waals surface area contributed by atoms with E-state index >= 15 is 0 Å². The Morgan fingerprint density at radius 3 is 2.44 bits per heavy atom. The quantitative estimate of drug-likeness (QED) is 0.408. The predicted molar refractivity (Wildman–Crippen MR) is 137 cm³/mol. The second kappa shape index (κ2) is 10.0. The van der Waals surface area contributed by atoms with E-state index in [0.29, 0.717) is 24.5 Å². The molecule has 0 bridgehead atoms. The number of carbonyl (C=O) groups excluding carboxylic acids is 1. The molecule has 8 heteroatoms. The Kier molecular flexibility index (Phi) is 6.49. The van der Waals surface area contributed by atoms with Crippen molar-refractivity contribution in [2.45, 2.75) is 4.90 Å². The van der Waals surface area contributed by atoms with Gasteiger partial charge in [0.25, 0.3) is 5.91 Å². The molecule has 3 heterocycles. The number of nitrogens with zero attached hydrogens (tertiary/aromatic N) is 4. The Balaban J connectivity index is 1.19. The fourth-order valence-corrected chi connectivity index (χ4v) is 4.84. The van der Waals surface area contributed by atoms with Crippen molar-refractivity contribution in [3.05, 3.63) is 84.7 Å². The molecule has 1 N–H and O–H groups in total. The van der Waals surface area contributed by atoms with Crippen LogP contribution >= 0.6 is 11.9 Å². The molecule has 4 aromatic rings. The van der Waals surface area contributed by atoms with Gasteiger partial charge in [-0.1, -0.05) is 18.2 Å². The third-order valence-corrected chi connectivity index (χ3v) is 6.75. The van der Waals surface area contributed by atoms with Gasteiger partial charge in [-0.3, -0.25) is 9.78 Å². The normalized spacial score (nSPS) is 13.7. The number of ether oxygens (including phenoxy) is 1. The molecule has 0 spiro atoms. The van der Waals surface area contributed by atoms with Crippen LogP contribution in [-0.4, -0.2) is 54.1 Å². The van der Waals surface area contributed by atoms with Crippen molar-refractivity contribution in [2.24, 2.45) is 0 Å². The molecule has 2 aromatic carbocycles. The Labute approximate surface area is 202 Å². The molecule has 2 aromatic heterocycles. The summed E-state index contributed by atoms with van der Waals surface area (Å²) < 4.78 is 8.74. The zero-order chi connectivity index (χ0) is 23.3. The third-order valence-electron chi connectivity index (χ3n) is 5.86. The molecular formula is C26H25N5O2S. The molecule has 1 saturated heterocycles. The van der Waals surface area contributed by atoms with Crippen LogP contribution in [0.25, 0.3) is 10.9 Å². The average molecular weight is 472 g/mol. The van der Waals surface area contributed by atoms with E-state index in [1.165, 1.54) is 11.9 Å². The molecule has 7 nitrogen and oxygen atoms in total. The summed E-state index contributed by atoms with van der Waals surface area (Å²) in [5.41, 5.74) is 3.56. The van der Waals surface area contributed by atoms with Crippen LogP contribution < -0.4 is 14.4 Å². The van der Waals surface area contributed by atoms with Crippen LogP contribution in [-0.2, 0) is 0 Å². The summed E-state index contributed by atoms with van der Waals surface area (Å²) in [4.78, 5) is 27.0. The number of para-hydroxylation sites is 1. The summed E-state index contributed by atoms with van der Waals surface area (Å²) in [6.45, 7) is 2.79. The van der Waals surface area contributed by atoms with Gasteiger partial charge in [-0.05, 0) is 60.5 Å². The number of anilines is 2. The highest BCUT2D eigenvalue weighted by Crippen LogP contribution is 2.28. The smallest absolute Gasteiger partial charge is 0.253 e. The van der Waals surface area contributed by atoms with Crippen LogP contribution in [0.5, 0.6) is 5.88 Å². The van der Waals surface area contributed by atoms with E-state index < -0.39 is 0 Å². The third kappa shape index (κ3) is 4.63. The van der Waals surface area contributed by atoms with Gasteiger partial charge < -0.3 is 19.3 Å². The summed E-state index contributed by atoms with van der Waals surface area (Å²) in [7, 11) is 1.63. The molecule has 0 atom stereocenters. The van der Waals surface area contributed by atoms with E-state index in [-0.39, 0.29) is 5.91 Å². The maximum atomic E-state index is 13.0. The number of aromatic nitrogens is 2. The monoisotopic (exact) mass is 471 g/mol. The number of fused-ring (bicyclic) bond motifs is 1. The minimum absolute atomic E-state index is 0.0512. The van der Waals surface area contributed by atoms with E-state index in [2.05, 4.69) is 31.7 Å². The number of hydrogen-bond acceptors (Lipinski definition) is 7. The van der Waals surface area contributed by atoms with Crippen molar-refractivity contribution in [1.29, 1.82) is 0 Å². The van der Waals surface area contributed by atoms with Gasteiger partial charge in [0.2, 0.25) is 5.88 Å². The van der Waals surface area contributed by atoms with E-state index in [1.807, 2.05) is 59.5 Å². The minimum Gasteiger partial charge on any atom is -0.480 e. The van der Waals surface area contributed by atoms with Crippen molar-refractivity contribution >= 4 is 40.1 Å². The highest BCUT2D eigenvalue weighted by molar-refractivity contribution is 8.00. The largest absolute Gasteiger partial charge is 0.480 e. The lowest BCUT2D eigenvalue weighted by atomic mass is 10.1. The number of methoxy groups -OCH3 is 1. The molecule has 5 rings (SSSR count). The SMILES string of the molecule is COc1ncccc1N1CCN(C(=O)c2ccc(NSc3cccc4cccnc34)cc2)CC1. The number of rotatable bonds is 6. The van der Waals surface area contributed by atoms with Crippen LogP contribution in [0.3, 0.4) is 0 Å². The average Bonchev–Trinajstić information content (AvgIpc) is 2.92. The van der Waals surface area contributed by atoms with Crippen LogP contribution in [0.1, 0.15) is 10.4 Å². The number of carbonyl (C=O) groups is 1. The van der Waals surface area contributed by atoms with Crippen LogP contribution in [0, 0.1) is 0 Å². The maximum absolute atomic E-state index is 13.0. The Morgan fingerprint density at radius 2 is 1.65 bits per heavy atom. The van der Waals surface area contributed by atoms with Gasteiger partial charge in [0, 0.05) is 55.2 Å². The highest BCUT2D eigenvalue weighted by atomic mass is 32.2. The standard InChI is InChI=1S/C26H25N5O2S/c1-33-25-22(7-4-14-28-25)30-15-17-31(18-16-30)26(32)20-9-11-21(12-10-20)29-34-23-8-2-5-19-6-3-13-27-24(19)23/h2-14,29H,15-18H2,1H3. The summed E-state index contributed by atoms with van der Waals surface area (Å²) >= 11 is 1.52. The first-order valence-corrected chi connectivity index (χ1v) is 11.9. The van der Waals surface area contributed by atoms with Gasteiger partial charge >= 0.3 is 0 Å². The molecule has 1 aliphatic heterocycles. The molecular weight excluding hydrogens is 446 g/mol. The number of nitrogens with one attached hydrogen (secondary N) is 1. The number of benzene rings is 2. The van der Waals surface area contributed by atoms with E-state index in [0.717, 1.165) is 40.3 Å². The van der Waals surface area contributed by atoms with Crippen LogP contribution in [0.2, 0.25) is 0 Å². The Hall–Kier alpha value is -3.78. The lowest BCUT2D eigenvalue weighted by Gasteiger charge is -2.36. The number of piperazine rings is 1. The second-order valence-electron chi connectivity index (χ2n) is 7.92. The van der Waals surface area contributed by atoms with E-state index in [1.54, 1.807) is 19.5 Å². The summed E-state index contributed by atoms with van der Waals surface area (Å²) in [6.07, 6.45) is 3.53. The van der Waals surface area contributed by atoms with Gasteiger partial charge in [-0.2, -0.15) is 0 Å². The first kappa shape index (κ1) is 22.0. The summed E-state index contributed by atoms with van der Waals surface area (Å²) in [5.74, 6) is 0.665. The molecule has 0 radical (unpaired) electrons. The van der Waals surface area contributed by atoms with Crippen molar-refractivity contribution in [2.75, 3.05) is 42.9 Å². The first-order chi connectivity index (χ1) is 16.7. The molecule has 0 saturated carbocycles. The van der Waals surface area contributed by atoms with Crippen molar-refractivity contribution in [3.8, 4) is 5.88 Å². The van der Waals surface area contributed by atoms with Gasteiger partial charge in [0.15, 0.2) is 0 Å². The lowest BCUT2D eigenvalue weighted by molar-refractivity contribution is 0.0746. The van der Waals surface area contributed by atoms with E-state index in [9.17, 15) is 4.79 Å². The van der Waals surface area contributed by atoms with Crippen molar-refractivity contribution in [3.63, 3.8) is 0 Å². The van der Waals surface area contributed by atoms with Gasteiger partial charge in [0.05, 0.1) is 23.2 Å². The van der Waals surface area contributed by atoms with Crippen molar-refractivity contribution < 1.29 is 9.53 Å². The molecule has 1 fully saturated rings. The minimum atomic E-state index is 0.0512. The molecule has 0 unspecified atom stereocenters. The molecule has 34 heavy (non-hydrogen) atoms. The Bertz CT molecular complexity index is 1280. The van der Waals surface area contributed by atoms with Crippen LogP contribution in [0.4, 0.5) is 11.4 Å². The Morgan fingerprint density at radius 1 is 0.912 bits per heavy atom. The summed E-state index contributed by atoms with van der Waals surface area (Å²) in [6, 6.07) is 21.7. The second-order valence-corrected chi connectivity index (χ2v) is 8.77. The molecule has 0 aliphatic carbocycles. The van der Waals surface area contributed by atoms with Gasteiger partial charge in [0.1, 0.15) is 0 Å². The lowest BCUT2D eigenvalue weighted by Crippen LogP contribution is -2.48. The van der Waals surface area contributed by atoms with Crippen molar-refractivity contribution in [1.82, 2.24) is 14.9 Å². The number of pyridine rings is 2. The van der Waals surface area contributed by atoms with Gasteiger partial charge in [-0.25, -0.2) is 4.98 Å². The van der Waals surface area contributed by atoms with E-state index in [4.69, 9.17) is 4.74 Å². The fraction of sp³-hybridized carbons (Fsp3) is 0.192. The van der Waals surface area contributed by atoms with Gasteiger partial charge in [-0.15, -0.1) is 0 Å². The summed E-state index contributed by atoms with van der Waals surface area (Å²) in [5, 5.41) is 1.11. The first-order valence-electron chi connectivity index (χ1n) is 11.1. The number of hydrogen-bond donors (Lipinski definition) is 1. The fourth-order valence-electron chi connectivity index (χ4n) is 4.07. The molecule has 1 amide bonds. The maximum Gasteiger partial charge on any atom is 0.253 e. The highest BCUT2D eigenvalue weighted by Gasteiger charge is 2.24. The zero-order valence-corrected chi connectivity index (χ0v) is 19.7. The molecule has 172 valence electrons. The topological polar surface area (TPSA) is 70.6 Å². The van der Waals surface area contributed by atoms with Crippen LogP contribution in [0.15, 0.2) is 84.0 Å². The predicted octanol–water partition coefficient (Wildman–Crippen LogP) is 4.72. The zero-order valence-electron chi connectivity index (χ0n) is 18.8. The number of amides is 1.